The Morgan fingerprint density at radius 3 is 0.843 bits per heavy atom. The maximum Gasteiger partial charge on any atom is 0.410 e. The summed E-state index contributed by atoms with van der Waals surface area (Å²) >= 11 is 0. The van der Waals surface area contributed by atoms with Crippen LogP contribution in [0, 0.1) is 0 Å². The van der Waals surface area contributed by atoms with Crippen LogP contribution in [0.3, 0.4) is 0 Å². The molecule has 0 radical (unpaired) electrons. The van der Waals surface area contributed by atoms with Gasteiger partial charge in [-0.2, -0.15) is 0 Å². The van der Waals surface area contributed by atoms with Crippen LogP contribution in [0.4, 0.5) is 4.79 Å². The van der Waals surface area contributed by atoms with Gasteiger partial charge in [0.2, 0.25) is 5.60 Å². The summed E-state index contributed by atoms with van der Waals surface area (Å²) < 4.78 is 11.8. The molecular weight excluding hydrogens is 1020 g/mol. The van der Waals surface area contributed by atoms with Gasteiger partial charge in [0.05, 0.1) is 5.71 Å². The Balaban J connectivity index is 0.857. The van der Waals surface area contributed by atoms with Crippen LogP contribution in [0.15, 0.2) is 5.16 Å². The molecule has 5 aliphatic rings. The van der Waals surface area contributed by atoms with Crippen molar-refractivity contribution in [1.29, 1.82) is 0 Å². The molecule has 7 heteroatoms. The summed E-state index contributed by atoms with van der Waals surface area (Å²) in [6.45, 7) is 11.5. The van der Waals surface area contributed by atoms with Crippen molar-refractivity contribution in [3.8, 4) is 0 Å². The van der Waals surface area contributed by atoms with E-state index in [-0.39, 0.29) is 6.54 Å². The molecule has 33 rings (SSSR count). The molecule has 7 nitrogen and oxygen atoms in total. The molecule has 28 aromatic carbocycles. The number of hydrogen-bond donors (Lipinski definition) is 0. The molecule has 2 spiro atoms. The molecule has 0 bridgehead atoms. The van der Waals surface area contributed by atoms with Crippen LogP contribution < -0.4 is 0 Å². The fraction of sp³-hybridized carbons (Fsp3) is 0.197. The van der Waals surface area contributed by atoms with Gasteiger partial charge in [-0.15, -0.1) is 0 Å². The summed E-state index contributed by atoms with van der Waals surface area (Å²) in [6.07, 6.45) is 1.60. The number of esters is 1. The zero-order valence-electron chi connectivity index (χ0n) is 45.0. The number of amides is 1. The zero-order chi connectivity index (χ0) is 52.2. The van der Waals surface area contributed by atoms with Crippen LogP contribution in [-0.2, 0) is 30.1 Å². The first-order valence-corrected chi connectivity index (χ1v) is 30.6. The minimum absolute atomic E-state index is 0.171. The van der Waals surface area contributed by atoms with Crippen LogP contribution in [0.5, 0.6) is 0 Å². The lowest BCUT2D eigenvalue weighted by Crippen LogP contribution is -2.53. The van der Waals surface area contributed by atoms with Crippen molar-refractivity contribution < 1.29 is 23.9 Å². The molecule has 28 aromatic rings. The molecule has 0 fully saturated rings. The standard InChI is InChI=1S/C76H28N2O5/c1-73(2,3)81-13(79)11-78(72(80)82-74(4,5)6)10-8-7-9-12-75-68-60-52-42-32-24-16-14-15-18-22-20(16)28-36-30(22)40-34-26(18)27-19(15)23-21-17(14)25(24)33-39-29(21)37-31(23)41-35(27)45-44(34)56-50(40)58-48(36)54(46(52)38(28)32)62(68)64(58)70-66(56)67-57(45)51(41)59-49(37)55-47(39)53(43(33)42)61(60)69(75)63(55)65(59)71(67)76(70,75)83-77-12/h7-11H2,1-6H3. The van der Waals surface area contributed by atoms with Crippen molar-refractivity contribution in [2.45, 2.75) is 83.0 Å². The van der Waals surface area contributed by atoms with Crippen LogP contribution in [0.2, 0.25) is 0 Å². The fourth-order valence-electron chi connectivity index (χ4n) is 25.9. The molecule has 83 heavy (non-hydrogen) atoms. The summed E-state index contributed by atoms with van der Waals surface area (Å²) in [5, 5.41) is 89.9. The van der Waals surface area contributed by atoms with Gasteiger partial charge >= 0.3 is 12.1 Å². The molecule has 0 atom stereocenters. The quantitative estimate of drug-likeness (QED) is 0.0903. The van der Waals surface area contributed by atoms with Gasteiger partial charge in [-0.05, 0) is 363 Å². The molecule has 1 amide bonds. The van der Waals surface area contributed by atoms with E-state index in [2.05, 4.69) is 0 Å². The highest BCUT2D eigenvalue weighted by molar-refractivity contribution is 6.82. The van der Waals surface area contributed by atoms with Crippen molar-refractivity contribution in [3.05, 3.63) is 22.3 Å². The smallest absolute Gasteiger partial charge is 0.410 e. The Morgan fingerprint density at radius 1 is 0.349 bits per heavy atom. The first-order chi connectivity index (χ1) is 40.4. The van der Waals surface area contributed by atoms with E-state index in [0.29, 0.717) is 19.4 Å². The van der Waals surface area contributed by atoms with Crippen LogP contribution in [0.25, 0.3) is 291 Å². The molecule has 0 aromatic heterocycles. The van der Waals surface area contributed by atoms with Crippen molar-refractivity contribution in [1.82, 2.24) is 4.90 Å². The average molecular weight is 1050 g/mol. The number of benzene rings is 18. The molecule has 0 unspecified atom stereocenters. The molecule has 0 saturated heterocycles. The Hall–Kier alpha value is -9.33. The van der Waals surface area contributed by atoms with Crippen LogP contribution >= 0.6 is 0 Å². The third kappa shape index (κ3) is 2.26. The molecule has 0 N–H and O–H groups in total. The van der Waals surface area contributed by atoms with Crippen LogP contribution in [-0.4, -0.2) is 47.0 Å². The predicted octanol–water partition coefficient (Wildman–Crippen LogP) is 19.4. The first-order valence-electron chi connectivity index (χ1n) is 30.6. The Kier molecular flexibility index (Phi) is 3.63. The number of oxime groups is 1. The maximum atomic E-state index is 14.1. The van der Waals surface area contributed by atoms with Crippen molar-refractivity contribution in [2.75, 3.05) is 13.1 Å². The Bertz CT molecular complexity index is 7550. The van der Waals surface area contributed by atoms with Gasteiger partial charge in [-0.3, -0.25) is 9.69 Å². The SMILES string of the molecule is CC(C)(C)OC(=O)CN(CCCCC1=NOC23c4c5c6c7c8c9c(c%10c%11c2c2c4c4c%12c5c5c6c6c8c8c%13c9c9c%10c%10c%11c%11c2c2c4c4c%12c%12c5c5c6c8c6c8c%13c9c9c%10c%10c%11c2c2c4c4c%12c5c6c5c8c9c%10c2c45)C173)C(=O)OC(C)(C)C. The number of carbonyl (C=O) groups is 2. The van der Waals surface area contributed by atoms with Gasteiger partial charge < -0.3 is 14.3 Å². The third-order valence-corrected chi connectivity index (χ3v) is 26.4. The predicted molar refractivity (Wildman–Crippen MR) is 340 cm³/mol. The van der Waals surface area contributed by atoms with E-state index in [1.54, 1.807) is 210 Å². The van der Waals surface area contributed by atoms with Gasteiger partial charge in [-0.1, -0.05) is 5.16 Å². The summed E-state index contributed by atoms with van der Waals surface area (Å²) in [5.74, 6) is -0.432. The van der Waals surface area contributed by atoms with Crippen molar-refractivity contribution >= 4 is 309 Å². The van der Waals surface area contributed by atoms with E-state index in [0.717, 1.165) is 12.1 Å². The van der Waals surface area contributed by atoms with Gasteiger partial charge in [0.1, 0.15) is 23.2 Å². The lowest BCUT2D eigenvalue weighted by molar-refractivity contribution is -0.156. The largest absolute Gasteiger partial charge is 0.459 e. The van der Waals surface area contributed by atoms with E-state index in [1.165, 1.54) is 108 Å². The minimum atomic E-state index is -0.924. The van der Waals surface area contributed by atoms with Gasteiger partial charge in [0, 0.05) is 17.7 Å². The van der Waals surface area contributed by atoms with Gasteiger partial charge in [-0.25, -0.2) is 4.79 Å². The summed E-state index contributed by atoms with van der Waals surface area (Å²) in [4.78, 5) is 37.4. The third-order valence-electron chi connectivity index (χ3n) is 26.4. The second-order valence-electron chi connectivity index (χ2n) is 30.8. The number of nitrogens with zero attached hydrogens (tertiary/aromatic N) is 2. The second kappa shape index (κ2) is 8.49. The van der Waals surface area contributed by atoms with E-state index < -0.39 is 34.3 Å². The lowest BCUT2D eigenvalue weighted by Gasteiger charge is -2.47. The number of rotatable bonds is 7. The summed E-state index contributed by atoms with van der Waals surface area (Å²) in [6, 6.07) is 0. The molecule has 1 aliphatic heterocycles. The number of carbonyl (C=O) groups excluding carboxylic acids is 2. The normalized spacial score (nSPS) is 21.0. The van der Waals surface area contributed by atoms with E-state index >= 15 is 0 Å². The highest BCUT2D eigenvalue weighted by Crippen LogP contribution is 2.85. The number of ether oxygens (including phenoxy) is 2. The van der Waals surface area contributed by atoms with E-state index in [1.807, 2.05) is 41.5 Å². The second-order valence-corrected chi connectivity index (χ2v) is 30.8. The lowest BCUT2D eigenvalue weighted by atomic mass is 9.52. The Morgan fingerprint density at radius 2 is 0.590 bits per heavy atom. The highest BCUT2D eigenvalue weighted by Gasteiger charge is 2.76. The number of hydrogen-bond acceptors (Lipinski definition) is 6. The van der Waals surface area contributed by atoms with Crippen molar-refractivity contribution in [3.63, 3.8) is 0 Å². The van der Waals surface area contributed by atoms with E-state index in [9.17, 15) is 9.59 Å². The maximum absolute atomic E-state index is 14.1. The zero-order valence-corrected chi connectivity index (χ0v) is 45.0. The van der Waals surface area contributed by atoms with Crippen LogP contribution in [0.1, 0.15) is 83.1 Å². The monoisotopic (exact) mass is 1050 g/mol. The fourth-order valence-corrected chi connectivity index (χ4v) is 25.9. The molecule has 1 heterocycles. The average Bonchev–Trinajstić information content (AvgIpc) is 1.60. The first kappa shape index (κ1) is 35.5. The number of unbranched alkanes of at least 4 members (excludes halogenated alkanes) is 1. The summed E-state index contributed by atoms with van der Waals surface area (Å²) in [7, 11) is 0. The topological polar surface area (TPSA) is 77.4 Å². The molecule has 0 saturated carbocycles. The van der Waals surface area contributed by atoms with Gasteiger partial charge in [0.25, 0.3) is 0 Å². The Labute approximate surface area is 458 Å². The van der Waals surface area contributed by atoms with Gasteiger partial charge in [0.15, 0.2) is 0 Å². The highest BCUT2D eigenvalue weighted by atomic mass is 16.7. The molecule has 4 aliphatic carbocycles. The molecular formula is C76H28N2O5. The van der Waals surface area contributed by atoms with E-state index in [4.69, 9.17) is 19.5 Å². The van der Waals surface area contributed by atoms with Crippen molar-refractivity contribution in [2.24, 2.45) is 5.16 Å². The molecule has 372 valence electrons. The summed E-state index contributed by atoms with van der Waals surface area (Å²) in [5.41, 5.74) is 3.94. The minimum Gasteiger partial charge on any atom is -0.459 e.